The number of nitrogens with one attached hydrogen (secondary N) is 1. The van der Waals surface area contributed by atoms with Crippen molar-refractivity contribution in [1.82, 2.24) is 14.5 Å². The molecule has 0 radical (unpaired) electrons. The van der Waals surface area contributed by atoms with E-state index in [2.05, 4.69) is 87.0 Å². The Bertz CT molecular complexity index is 953. The molecule has 0 saturated heterocycles. The zero-order valence-corrected chi connectivity index (χ0v) is 29.6. The molecule has 0 bridgehead atoms. The maximum absolute atomic E-state index is 6.23. The number of ether oxygens (including phenoxy) is 2. The normalized spacial score (nSPS) is 13.9. The fourth-order valence-corrected chi connectivity index (χ4v) is 3.94. The molecule has 0 fully saturated rings. The van der Waals surface area contributed by atoms with Crippen LogP contribution in [0.15, 0.2) is 55.1 Å². The first-order valence-corrected chi connectivity index (χ1v) is 16.1. The molecule has 8 heteroatoms. The number of imidazole rings is 1. The van der Waals surface area contributed by atoms with Crippen molar-refractivity contribution in [3.63, 3.8) is 0 Å². The van der Waals surface area contributed by atoms with Crippen molar-refractivity contribution in [2.45, 2.75) is 86.5 Å². The van der Waals surface area contributed by atoms with Crippen molar-refractivity contribution in [3.05, 3.63) is 61.5 Å². The minimum atomic E-state index is -0.207. The molecular formula is C36H66N6O2. The van der Waals surface area contributed by atoms with Crippen LogP contribution >= 0.6 is 0 Å². The molecule has 0 aliphatic carbocycles. The lowest BCUT2D eigenvalue weighted by Gasteiger charge is -2.26. The summed E-state index contributed by atoms with van der Waals surface area (Å²) < 4.78 is 13.5. The number of likely N-dealkylation sites (N-methyl/N-ethyl adjacent to an activating group) is 1. The minimum absolute atomic E-state index is 0.192. The Kier molecular flexibility index (Phi) is 27.3. The number of aromatic nitrogens is 2. The van der Waals surface area contributed by atoms with E-state index in [1.54, 1.807) is 12.2 Å². The van der Waals surface area contributed by atoms with Crippen LogP contribution in [-0.4, -0.2) is 79.8 Å². The van der Waals surface area contributed by atoms with Crippen molar-refractivity contribution in [3.8, 4) is 0 Å². The van der Waals surface area contributed by atoms with Gasteiger partial charge in [-0.05, 0) is 84.8 Å². The maximum Gasteiger partial charge on any atom is 0.206 e. The van der Waals surface area contributed by atoms with Gasteiger partial charge in [-0.15, -0.1) is 6.58 Å². The molecule has 0 spiro atoms. The number of aliphatic imine (C=N–C) groups is 1. The molecule has 0 amide bonds. The third-order valence-corrected chi connectivity index (χ3v) is 6.92. The second kappa shape index (κ2) is 27.7. The highest BCUT2D eigenvalue weighted by molar-refractivity contribution is 5.61. The lowest BCUT2D eigenvalue weighted by Crippen LogP contribution is -2.40. The largest absolute Gasteiger partial charge is 0.379 e. The second-order valence-corrected chi connectivity index (χ2v) is 11.0. The van der Waals surface area contributed by atoms with E-state index in [1.807, 2.05) is 52.0 Å². The molecule has 0 aliphatic rings. The van der Waals surface area contributed by atoms with Crippen LogP contribution in [0.25, 0.3) is 12.2 Å². The summed E-state index contributed by atoms with van der Waals surface area (Å²) >= 11 is 0. The average Bonchev–Trinajstić information content (AvgIpc) is 3.38. The van der Waals surface area contributed by atoms with Gasteiger partial charge in [-0.1, -0.05) is 71.2 Å². The number of nitrogens with two attached hydrogens (primary N) is 1. The monoisotopic (exact) mass is 615 g/mol. The molecule has 0 aliphatic heterocycles. The Balaban J connectivity index is 0. The highest BCUT2D eigenvalue weighted by Crippen LogP contribution is 2.26. The van der Waals surface area contributed by atoms with Crippen LogP contribution in [0.2, 0.25) is 0 Å². The zero-order valence-electron chi connectivity index (χ0n) is 29.6. The van der Waals surface area contributed by atoms with E-state index >= 15 is 0 Å². The summed E-state index contributed by atoms with van der Waals surface area (Å²) in [5.41, 5.74) is 7.93. The van der Waals surface area contributed by atoms with E-state index in [0.29, 0.717) is 31.7 Å². The van der Waals surface area contributed by atoms with Gasteiger partial charge in [0.15, 0.2) is 0 Å². The molecule has 1 heterocycles. The molecule has 1 aromatic heterocycles. The first-order chi connectivity index (χ1) is 21.0. The molecule has 0 saturated carbocycles. The first kappa shape index (κ1) is 43.3. The highest BCUT2D eigenvalue weighted by Gasteiger charge is 2.21. The fraction of sp³-hybridized carbons (Fsp3) is 0.611. The van der Waals surface area contributed by atoms with Crippen LogP contribution in [-0.2, 0) is 9.47 Å². The molecule has 0 aromatic carbocycles. The SMILES string of the molecule is C=CC(C)/C=C\C.C=Cc1nc(NC(CC)CCN(C)CC(N)C(C)C)n(C(C)OCCOCC)c1C=C.C=NC/C=C\C. The molecule has 1 aromatic rings. The average molecular weight is 615 g/mol. The molecule has 44 heavy (non-hydrogen) atoms. The zero-order chi connectivity index (χ0) is 33.9. The van der Waals surface area contributed by atoms with Gasteiger partial charge in [0.25, 0.3) is 0 Å². The molecule has 1 rings (SSSR count). The number of hydrogen-bond donors (Lipinski definition) is 2. The quantitative estimate of drug-likeness (QED) is 0.0832. The van der Waals surface area contributed by atoms with Crippen LogP contribution in [0.5, 0.6) is 0 Å². The van der Waals surface area contributed by atoms with E-state index in [9.17, 15) is 0 Å². The fourth-order valence-electron chi connectivity index (χ4n) is 3.94. The Labute approximate surface area is 270 Å². The topological polar surface area (TPSA) is 89.9 Å². The Morgan fingerprint density at radius 3 is 2.18 bits per heavy atom. The second-order valence-electron chi connectivity index (χ2n) is 11.0. The van der Waals surface area contributed by atoms with Crippen LogP contribution in [0.3, 0.4) is 0 Å². The van der Waals surface area contributed by atoms with Crippen molar-refractivity contribution in [2.75, 3.05) is 51.8 Å². The van der Waals surface area contributed by atoms with Crippen molar-refractivity contribution < 1.29 is 9.47 Å². The van der Waals surface area contributed by atoms with Gasteiger partial charge in [-0.25, -0.2) is 4.98 Å². The number of nitrogens with zero attached hydrogens (tertiary/aromatic N) is 4. The van der Waals surface area contributed by atoms with Crippen LogP contribution in [0.1, 0.15) is 85.8 Å². The number of allylic oxidation sites excluding steroid dienone is 4. The summed E-state index contributed by atoms with van der Waals surface area (Å²) in [5, 5.41) is 3.63. The summed E-state index contributed by atoms with van der Waals surface area (Å²) in [7, 11) is 2.13. The van der Waals surface area contributed by atoms with Gasteiger partial charge in [0.2, 0.25) is 5.95 Å². The van der Waals surface area contributed by atoms with Crippen molar-refractivity contribution >= 4 is 24.8 Å². The lowest BCUT2D eigenvalue weighted by molar-refractivity contribution is -0.0177. The standard InChI is InChI=1S/C24H45N5O2.C7H12.C5H9N/c1-9-20(13-14-28(8)17-21(25)18(5)6)26-24-27-22(10-2)23(11-3)29(24)19(7)31-16-15-30-12-4;1-4-6-7(3)5-2;1-3-4-5-6-2/h10-11,18-21H,2-3,9,12-17,25H2,1,4-8H3,(H,26,27);4-7H,2H2,1,3H3;3-4H,2,5H2,1H3/b;6-4-;4-3-. The summed E-state index contributed by atoms with van der Waals surface area (Å²) in [5.74, 6) is 1.79. The number of rotatable bonds is 21. The Morgan fingerprint density at radius 2 is 1.75 bits per heavy atom. The third kappa shape index (κ3) is 19.5. The summed E-state index contributed by atoms with van der Waals surface area (Å²) in [6, 6.07) is 0.474. The summed E-state index contributed by atoms with van der Waals surface area (Å²) in [6.45, 7) is 35.8. The number of anilines is 1. The molecular weight excluding hydrogens is 548 g/mol. The minimum Gasteiger partial charge on any atom is -0.379 e. The predicted molar refractivity (Wildman–Crippen MR) is 196 cm³/mol. The van der Waals surface area contributed by atoms with Gasteiger partial charge in [-0.2, -0.15) is 0 Å². The predicted octanol–water partition coefficient (Wildman–Crippen LogP) is 7.88. The Hall–Kier alpha value is -2.78. The van der Waals surface area contributed by atoms with Gasteiger partial charge >= 0.3 is 0 Å². The van der Waals surface area contributed by atoms with Crippen LogP contribution < -0.4 is 11.1 Å². The van der Waals surface area contributed by atoms with E-state index < -0.39 is 0 Å². The lowest BCUT2D eigenvalue weighted by atomic mass is 10.0. The third-order valence-electron chi connectivity index (χ3n) is 6.92. The maximum atomic E-state index is 6.23. The first-order valence-electron chi connectivity index (χ1n) is 16.1. The van der Waals surface area contributed by atoms with E-state index in [0.717, 1.165) is 49.8 Å². The summed E-state index contributed by atoms with van der Waals surface area (Å²) in [6.07, 6.45) is 15.3. The van der Waals surface area contributed by atoms with E-state index in [4.69, 9.17) is 20.2 Å². The molecule has 3 N–H and O–H groups in total. The molecule has 4 unspecified atom stereocenters. The van der Waals surface area contributed by atoms with Gasteiger partial charge in [0, 0.05) is 25.2 Å². The highest BCUT2D eigenvalue weighted by atomic mass is 16.5. The Morgan fingerprint density at radius 1 is 1.07 bits per heavy atom. The van der Waals surface area contributed by atoms with Crippen molar-refractivity contribution in [1.29, 1.82) is 0 Å². The van der Waals surface area contributed by atoms with Gasteiger partial charge in [0.1, 0.15) is 6.23 Å². The van der Waals surface area contributed by atoms with E-state index in [1.165, 1.54) is 0 Å². The van der Waals surface area contributed by atoms with Crippen LogP contribution in [0.4, 0.5) is 5.95 Å². The van der Waals surface area contributed by atoms with Gasteiger partial charge in [-0.3, -0.25) is 9.56 Å². The van der Waals surface area contributed by atoms with Crippen molar-refractivity contribution in [2.24, 2.45) is 22.6 Å². The molecule has 252 valence electrons. The molecule has 8 nitrogen and oxygen atoms in total. The molecule has 4 atom stereocenters. The van der Waals surface area contributed by atoms with Gasteiger partial charge in [0.05, 0.1) is 31.1 Å². The van der Waals surface area contributed by atoms with Gasteiger partial charge < -0.3 is 25.4 Å². The van der Waals surface area contributed by atoms with E-state index in [-0.39, 0.29) is 18.3 Å². The number of hydrogen-bond acceptors (Lipinski definition) is 7. The summed E-state index contributed by atoms with van der Waals surface area (Å²) in [4.78, 5) is 10.7. The smallest absolute Gasteiger partial charge is 0.206 e. The van der Waals surface area contributed by atoms with Crippen LogP contribution in [0, 0.1) is 11.8 Å².